The maximum absolute atomic E-state index is 6.57. The van der Waals surface area contributed by atoms with Crippen LogP contribution in [0, 0.1) is 5.41 Å². The van der Waals surface area contributed by atoms with Gasteiger partial charge >= 0.3 is 0 Å². The van der Waals surface area contributed by atoms with Gasteiger partial charge in [0.05, 0.1) is 23.0 Å². The third kappa shape index (κ3) is 3.79. The minimum absolute atomic E-state index is 0.145. The zero-order valence-electron chi connectivity index (χ0n) is 13.7. The maximum Gasteiger partial charge on any atom is 0.0850 e. The first-order valence-corrected chi connectivity index (χ1v) is 8.44. The van der Waals surface area contributed by atoms with Crippen molar-refractivity contribution in [2.45, 2.75) is 59.5 Å². The maximum atomic E-state index is 6.57. The van der Waals surface area contributed by atoms with Gasteiger partial charge in [-0.1, -0.05) is 32.4 Å². The number of nitrogens with one attached hydrogen (secondary N) is 1. The average Bonchev–Trinajstić information content (AvgIpc) is 3.04. The molecular weight excluding hydrogens is 286 g/mol. The summed E-state index contributed by atoms with van der Waals surface area (Å²) in [7, 11) is 0. The highest BCUT2D eigenvalue weighted by molar-refractivity contribution is 6.31. The summed E-state index contributed by atoms with van der Waals surface area (Å²) in [5.74, 6) is 0. The predicted octanol–water partition coefficient (Wildman–Crippen LogP) is 3.07. The summed E-state index contributed by atoms with van der Waals surface area (Å²) in [6, 6.07) is 0.486. The Hall–Kier alpha value is -0.580. The lowest BCUT2D eigenvalue weighted by molar-refractivity contribution is 0.146. The quantitative estimate of drug-likeness (QED) is 0.841. The van der Waals surface area contributed by atoms with Gasteiger partial charge in [0, 0.05) is 31.2 Å². The molecule has 1 aromatic heterocycles. The largest absolute Gasteiger partial charge is 0.381 e. The molecule has 2 heterocycles. The van der Waals surface area contributed by atoms with Crippen LogP contribution in [0.15, 0.2) is 0 Å². The first-order valence-electron chi connectivity index (χ1n) is 8.06. The molecule has 1 atom stereocenters. The van der Waals surface area contributed by atoms with E-state index in [0.717, 1.165) is 56.3 Å². The molecule has 0 saturated carbocycles. The minimum atomic E-state index is 0.145. The molecule has 0 aromatic carbocycles. The van der Waals surface area contributed by atoms with Gasteiger partial charge < -0.3 is 10.1 Å². The van der Waals surface area contributed by atoms with E-state index < -0.39 is 0 Å². The number of aryl methyl sites for hydroxylation is 2. The van der Waals surface area contributed by atoms with Gasteiger partial charge in [0.1, 0.15) is 0 Å². The van der Waals surface area contributed by atoms with Gasteiger partial charge in [0.2, 0.25) is 0 Å². The van der Waals surface area contributed by atoms with Crippen LogP contribution in [0.2, 0.25) is 5.02 Å². The second-order valence-corrected chi connectivity index (χ2v) is 6.77. The smallest absolute Gasteiger partial charge is 0.0850 e. The summed E-state index contributed by atoms with van der Waals surface area (Å²) in [4.78, 5) is 0. The predicted molar refractivity (Wildman–Crippen MR) is 87.0 cm³/mol. The first-order chi connectivity index (χ1) is 10.0. The average molecular weight is 314 g/mol. The van der Waals surface area contributed by atoms with Gasteiger partial charge in [-0.25, -0.2) is 0 Å². The second-order valence-electron chi connectivity index (χ2n) is 6.39. The number of rotatable bonds is 7. The van der Waals surface area contributed by atoms with Gasteiger partial charge in [-0.05, 0) is 26.2 Å². The SMILES string of the molecule is CCc1nn(CC)c(CC2(CNC(C)C)CCOC2)c1Cl. The molecule has 0 radical (unpaired) electrons. The molecule has 1 aliphatic rings. The lowest BCUT2D eigenvalue weighted by atomic mass is 9.82. The van der Waals surface area contributed by atoms with Crippen LogP contribution in [0.4, 0.5) is 0 Å². The van der Waals surface area contributed by atoms with Crippen LogP contribution in [0.5, 0.6) is 0 Å². The highest BCUT2D eigenvalue weighted by atomic mass is 35.5. The van der Waals surface area contributed by atoms with Crippen LogP contribution in [0.1, 0.15) is 45.5 Å². The van der Waals surface area contributed by atoms with E-state index in [1.54, 1.807) is 0 Å². The topological polar surface area (TPSA) is 39.1 Å². The van der Waals surface area contributed by atoms with E-state index in [4.69, 9.17) is 16.3 Å². The van der Waals surface area contributed by atoms with Crippen LogP contribution >= 0.6 is 11.6 Å². The van der Waals surface area contributed by atoms with Crippen molar-refractivity contribution in [3.8, 4) is 0 Å². The standard InChI is InChI=1S/C16H28ClN3O/c1-5-13-15(17)14(20(6-2)19-13)9-16(7-8-21-11-16)10-18-12(3)4/h12,18H,5-11H2,1-4H3. The molecule has 0 amide bonds. The molecule has 1 aliphatic heterocycles. The van der Waals surface area contributed by atoms with Gasteiger partial charge in [0.15, 0.2) is 0 Å². The van der Waals surface area contributed by atoms with E-state index in [1.165, 1.54) is 5.69 Å². The lowest BCUT2D eigenvalue weighted by Crippen LogP contribution is -2.40. The number of hydrogen-bond donors (Lipinski definition) is 1. The van der Waals surface area contributed by atoms with Crippen molar-refractivity contribution in [3.63, 3.8) is 0 Å². The van der Waals surface area contributed by atoms with Crippen LogP contribution < -0.4 is 5.32 Å². The number of hydrogen-bond acceptors (Lipinski definition) is 3. The second kappa shape index (κ2) is 7.12. The zero-order chi connectivity index (χ0) is 15.5. The Balaban J connectivity index is 2.22. The summed E-state index contributed by atoms with van der Waals surface area (Å²) in [6.45, 7) is 12.1. The number of aromatic nitrogens is 2. The van der Waals surface area contributed by atoms with Crippen molar-refractivity contribution >= 4 is 11.6 Å². The van der Waals surface area contributed by atoms with Crippen molar-refractivity contribution in [1.29, 1.82) is 0 Å². The Morgan fingerprint density at radius 3 is 2.71 bits per heavy atom. The first kappa shape index (κ1) is 16.8. The van der Waals surface area contributed by atoms with Crippen LogP contribution in [0.3, 0.4) is 0 Å². The molecule has 0 bridgehead atoms. The van der Waals surface area contributed by atoms with Crippen molar-refractivity contribution in [2.24, 2.45) is 5.41 Å². The van der Waals surface area contributed by atoms with E-state index in [-0.39, 0.29) is 5.41 Å². The summed E-state index contributed by atoms with van der Waals surface area (Å²) >= 11 is 6.57. The van der Waals surface area contributed by atoms with Crippen LogP contribution in [0.25, 0.3) is 0 Å². The molecule has 1 saturated heterocycles. The Morgan fingerprint density at radius 1 is 1.43 bits per heavy atom. The molecule has 120 valence electrons. The normalized spacial score (nSPS) is 22.4. The summed E-state index contributed by atoms with van der Waals surface area (Å²) in [6.07, 6.45) is 2.90. The summed E-state index contributed by atoms with van der Waals surface area (Å²) < 4.78 is 7.76. The molecule has 1 aromatic rings. The highest BCUT2D eigenvalue weighted by Crippen LogP contribution is 2.35. The number of halogens is 1. The van der Waals surface area contributed by atoms with E-state index >= 15 is 0 Å². The third-order valence-corrected chi connectivity index (χ3v) is 4.74. The Labute approximate surface area is 133 Å². The Bertz CT molecular complexity index is 464. The highest BCUT2D eigenvalue weighted by Gasteiger charge is 2.37. The van der Waals surface area contributed by atoms with Crippen molar-refractivity contribution in [1.82, 2.24) is 15.1 Å². The minimum Gasteiger partial charge on any atom is -0.381 e. The molecule has 1 fully saturated rings. The Morgan fingerprint density at radius 2 is 2.19 bits per heavy atom. The van der Waals surface area contributed by atoms with Crippen molar-refractivity contribution in [2.75, 3.05) is 19.8 Å². The van der Waals surface area contributed by atoms with Gasteiger partial charge in [-0.15, -0.1) is 0 Å². The van der Waals surface area contributed by atoms with E-state index in [0.29, 0.717) is 6.04 Å². The third-order valence-electron chi connectivity index (χ3n) is 4.31. The van der Waals surface area contributed by atoms with Gasteiger partial charge in [-0.3, -0.25) is 4.68 Å². The molecular formula is C16H28ClN3O. The van der Waals surface area contributed by atoms with Crippen LogP contribution in [-0.4, -0.2) is 35.6 Å². The molecule has 1 N–H and O–H groups in total. The fraction of sp³-hybridized carbons (Fsp3) is 0.812. The fourth-order valence-corrected chi connectivity index (χ4v) is 3.29. The Kier molecular flexibility index (Phi) is 5.69. The fourth-order valence-electron chi connectivity index (χ4n) is 2.95. The molecule has 2 rings (SSSR count). The van der Waals surface area contributed by atoms with Gasteiger partial charge in [0.25, 0.3) is 0 Å². The number of ether oxygens (including phenoxy) is 1. The molecule has 21 heavy (non-hydrogen) atoms. The van der Waals surface area contributed by atoms with E-state index in [1.807, 2.05) is 0 Å². The molecule has 4 nitrogen and oxygen atoms in total. The molecule has 0 aliphatic carbocycles. The molecule has 1 unspecified atom stereocenters. The summed E-state index contributed by atoms with van der Waals surface area (Å²) in [5, 5.41) is 9.07. The van der Waals surface area contributed by atoms with Crippen molar-refractivity contribution < 1.29 is 4.74 Å². The monoisotopic (exact) mass is 313 g/mol. The molecule has 0 spiro atoms. The summed E-state index contributed by atoms with van der Waals surface area (Å²) in [5.41, 5.74) is 2.33. The van der Waals surface area contributed by atoms with Crippen LogP contribution in [-0.2, 0) is 24.1 Å². The van der Waals surface area contributed by atoms with E-state index in [9.17, 15) is 0 Å². The lowest BCUT2D eigenvalue weighted by Gasteiger charge is -2.29. The zero-order valence-corrected chi connectivity index (χ0v) is 14.5. The van der Waals surface area contributed by atoms with E-state index in [2.05, 4.69) is 42.8 Å². The van der Waals surface area contributed by atoms with Gasteiger partial charge in [-0.2, -0.15) is 5.10 Å². The number of nitrogens with zero attached hydrogens (tertiary/aromatic N) is 2. The van der Waals surface area contributed by atoms with Crippen molar-refractivity contribution in [3.05, 3.63) is 16.4 Å². The molecule has 5 heteroatoms.